The SMILES string of the molecule is CC(C)CNCc1ccc(N2CCC(CO)C2)cc1. The number of nitrogens with one attached hydrogen (secondary N) is 1. The van der Waals surface area contributed by atoms with Crippen LogP contribution in [-0.4, -0.2) is 31.3 Å². The van der Waals surface area contributed by atoms with Gasteiger partial charge in [-0.25, -0.2) is 0 Å². The summed E-state index contributed by atoms with van der Waals surface area (Å²) in [4.78, 5) is 2.37. The van der Waals surface area contributed by atoms with Crippen molar-refractivity contribution in [2.45, 2.75) is 26.8 Å². The minimum absolute atomic E-state index is 0.313. The molecule has 0 aromatic heterocycles. The summed E-state index contributed by atoms with van der Waals surface area (Å²) in [5, 5.41) is 12.6. The van der Waals surface area contributed by atoms with Gasteiger partial charge in [-0.05, 0) is 36.6 Å². The predicted octanol–water partition coefficient (Wildman–Crippen LogP) is 2.25. The molecule has 3 heteroatoms. The molecule has 19 heavy (non-hydrogen) atoms. The molecular formula is C16H26N2O. The number of hydrogen-bond acceptors (Lipinski definition) is 3. The van der Waals surface area contributed by atoms with E-state index < -0.39 is 0 Å². The second-order valence-electron chi connectivity index (χ2n) is 5.97. The monoisotopic (exact) mass is 262 g/mol. The van der Waals surface area contributed by atoms with Gasteiger partial charge in [-0.1, -0.05) is 26.0 Å². The Morgan fingerprint density at radius 1 is 1.32 bits per heavy atom. The zero-order valence-electron chi connectivity index (χ0n) is 12.1. The van der Waals surface area contributed by atoms with Crippen molar-refractivity contribution >= 4 is 5.69 Å². The number of benzene rings is 1. The Hall–Kier alpha value is -1.06. The van der Waals surface area contributed by atoms with Crippen LogP contribution in [0.25, 0.3) is 0 Å². The Morgan fingerprint density at radius 2 is 2.05 bits per heavy atom. The fraction of sp³-hybridized carbons (Fsp3) is 0.625. The maximum Gasteiger partial charge on any atom is 0.0476 e. The molecule has 2 rings (SSSR count). The number of aliphatic hydroxyl groups is 1. The average Bonchev–Trinajstić information content (AvgIpc) is 2.88. The van der Waals surface area contributed by atoms with E-state index in [1.54, 1.807) is 0 Å². The van der Waals surface area contributed by atoms with Crippen LogP contribution in [0.15, 0.2) is 24.3 Å². The van der Waals surface area contributed by atoms with E-state index >= 15 is 0 Å². The second kappa shape index (κ2) is 6.92. The van der Waals surface area contributed by atoms with Gasteiger partial charge >= 0.3 is 0 Å². The summed E-state index contributed by atoms with van der Waals surface area (Å²) in [6.07, 6.45) is 1.11. The fourth-order valence-corrected chi connectivity index (χ4v) is 2.55. The third kappa shape index (κ3) is 4.22. The molecule has 2 N–H and O–H groups in total. The summed E-state index contributed by atoms with van der Waals surface area (Å²) >= 11 is 0. The molecule has 1 atom stereocenters. The molecule has 1 unspecified atom stereocenters. The smallest absolute Gasteiger partial charge is 0.0476 e. The third-order valence-electron chi connectivity index (χ3n) is 3.73. The molecule has 106 valence electrons. The van der Waals surface area contributed by atoms with Crippen LogP contribution < -0.4 is 10.2 Å². The first-order valence-corrected chi connectivity index (χ1v) is 7.34. The van der Waals surface area contributed by atoms with Gasteiger partial charge in [0.15, 0.2) is 0 Å². The molecule has 0 spiro atoms. The highest BCUT2D eigenvalue weighted by atomic mass is 16.3. The van der Waals surface area contributed by atoms with E-state index in [2.05, 4.69) is 48.3 Å². The van der Waals surface area contributed by atoms with Crippen LogP contribution in [0.4, 0.5) is 5.69 Å². The summed E-state index contributed by atoms with van der Waals surface area (Å²) in [5.74, 6) is 1.15. The summed E-state index contributed by atoms with van der Waals surface area (Å²) in [5.41, 5.74) is 2.62. The summed E-state index contributed by atoms with van der Waals surface area (Å²) in [6.45, 7) is 8.82. The topological polar surface area (TPSA) is 35.5 Å². The van der Waals surface area contributed by atoms with Gasteiger partial charge in [-0.2, -0.15) is 0 Å². The van der Waals surface area contributed by atoms with Crippen LogP contribution >= 0.6 is 0 Å². The van der Waals surface area contributed by atoms with Gasteiger partial charge in [0, 0.05) is 37.8 Å². The minimum atomic E-state index is 0.313. The highest BCUT2D eigenvalue weighted by molar-refractivity contribution is 5.48. The third-order valence-corrected chi connectivity index (χ3v) is 3.73. The van der Waals surface area contributed by atoms with Gasteiger partial charge in [0.1, 0.15) is 0 Å². The van der Waals surface area contributed by atoms with Crippen LogP contribution in [0.3, 0.4) is 0 Å². The van der Waals surface area contributed by atoms with Crippen molar-refractivity contribution in [3.8, 4) is 0 Å². The average molecular weight is 262 g/mol. The molecular weight excluding hydrogens is 236 g/mol. The first-order valence-electron chi connectivity index (χ1n) is 7.34. The Labute approximate surface area is 116 Å². The van der Waals surface area contributed by atoms with Gasteiger partial charge < -0.3 is 15.3 Å². The Morgan fingerprint density at radius 3 is 2.63 bits per heavy atom. The summed E-state index contributed by atoms with van der Waals surface area (Å²) in [7, 11) is 0. The number of nitrogens with zero attached hydrogens (tertiary/aromatic N) is 1. The standard InChI is InChI=1S/C16H26N2O/c1-13(2)9-17-10-14-3-5-16(6-4-14)18-8-7-15(11-18)12-19/h3-6,13,15,17,19H,7-12H2,1-2H3. The van der Waals surface area contributed by atoms with Gasteiger partial charge in [0.2, 0.25) is 0 Å². The molecule has 1 aliphatic heterocycles. The first-order chi connectivity index (χ1) is 9.19. The lowest BCUT2D eigenvalue weighted by molar-refractivity contribution is 0.238. The van der Waals surface area contributed by atoms with E-state index in [-0.39, 0.29) is 0 Å². The summed E-state index contributed by atoms with van der Waals surface area (Å²) in [6, 6.07) is 8.81. The number of anilines is 1. The molecule has 0 bridgehead atoms. The van der Waals surface area contributed by atoms with Crippen molar-refractivity contribution in [3.63, 3.8) is 0 Å². The Bertz CT molecular complexity index is 375. The van der Waals surface area contributed by atoms with Crippen molar-refractivity contribution in [1.29, 1.82) is 0 Å². The molecule has 1 aromatic carbocycles. The van der Waals surface area contributed by atoms with Gasteiger partial charge in [-0.3, -0.25) is 0 Å². The fourth-order valence-electron chi connectivity index (χ4n) is 2.55. The van der Waals surface area contributed by atoms with Crippen LogP contribution in [0, 0.1) is 11.8 Å². The van der Waals surface area contributed by atoms with Gasteiger partial charge in [0.25, 0.3) is 0 Å². The number of rotatable bonds is 6. The van der Waals surface area contributed by atoms with E-state index in [4.69, 9.17) is 0 Å². The molecule has 0 radical (unpaired) electrons. The van der Waals surface area contributed by atoms with Gasteiger partial charge in [-0.15, -0.1) is 0 Å². The lowest BCUT2D eigenvalue weighted by atomic mass is 10.1. The lowest BCUT2D eigenvalue weighted by Crippen LogP contribution is -2.21. The number of hydrogen-bond donors (Lipinski definition) is 2. The highest BCUT2D eigenvalue weighted by Crippen LogP contribution is 2.23. The molecule has 1 aromatic rings. The van der Waals surface area contributed by atoms with Crippen molar-refractivity contribution < 1.29 is 5.11 Å². The quantitative estimate of drug-likeness (QED) is 0.825. The van der Waals surface area contributed by atoms with E-state index in [0.29, 0.717) is 18.4 Å². The number of aliphatic hydroxyl groups excluding tert-OH is 1. The van der Waals surface area contributed by atoms with Crippen LogP contribution in [0.5, 0.6) is 0 Å². The van der Waals surface area contributed by atoms with Gasteiger partial charge in [0.05, 0.1) is 0 Å². The maximum atomic E-state index is 9.18. The van der Waals surface area contributed by atoms with Crippen molar-refractivity contribution in [3.05, 3.63) is 29.8 Å². The molecule has 1 aliphatic rings. The minimum Gasteiger partial charge on any atom is -0.396 e. The molecule has 0 saturated carbocycles. The van der Waals surface area contributed by atoms with Crippen molar-refractivity contribution in [1.82, 2.24) is 5.32 Å². The Balaban J connectivity index is 1.84. The van der Waals surface area contributed by atoms with Crippen LogP contribution in [0.1, 0.15) is 25.8 Å². The molecule has 1 fully saturated rings. The normalized spacial score (nSPS) is 19.4. The Kier molecular flexibility index (Phi) is 5.23. The van der Waals surface area contributed by atoms with Crippen LogP contribution in [-0.2, 0) is 6.54 Å². The first kappa shape index (κ1) is 14.4. The molecule has 0 aliphatic carbocycles. The predicted molar refractivity (Wildman–Crippen MR) is 80.4 cm³/mol. The van der Waals surface area contributed by atoms with E-state index in [0.717, 1.165) is 32.6 Å². The molecule has 0 amide bonds. The zero-order chi connectivity index (χ0) is 13.7. The van der Waals surface area contributed by atoms with Crippen molar-refractivity contribution in [2.24, 2.45) is 11.8 Å². The summed E-state index contributed by atoms with van der Waals surface area (Å²) < 4.78 is 0. The lowest BCUT2D eigenvalue weighted by Gasteiger charge is -2.19. The largest absolute Gasteiger partial charge is 0.396 e. The van der Waals surface area contributed by atoms with E-state index in [9.17, 15) is 5.11 Å². The highest BCUT2D eigenvalue weighted by Gasteiger charge is 2.21. The zero-order valence-corrected chi connectivity index (χ0v) is 12.1. The molecule has 1 saturated heterocycles. The molecule has 1 heterocycles. The van der Waals surface area contributed by atoms with Crippen molar-refractivity contribution in [2.75, 3.05) is 31.1 Å². The maximum absolute atomic E-state index is 9.18. The van der Waals surface area contributed by atoms with Crippen LogP contribution in [0.2, 0.25) is 0 Å². The second-order valence-corrected chi connectivity index (χ2v) is 5.97. The van der Waals surface area contributed by atoms with E-state index in [1.165, 1.54) is 11.3 Å². The molecule has 3 nitrogen and oxygen atoms in total. The van der Waals surface area contributed by atoms with E-state index in [1.807, 2.05) is 0 Å².